The second-order valence-corrected chi connectivity index (χ2v) is 9.62. The zero-order chi connectivity index (χ0) is 24.6. The van der Waals surface area contributed by atoms with E-state index in [1.165, 1.54) is 0 Å². The number of carbonyl (C=O) groups excluding carboxylic acids is 4. The van der Waals surface area contributed by atoms with Crippen molar-refractivity contribution in [3.8, 4) is 0 Å². The molecule has 1 fully saturated rings. The first-order valence-electron chi connectivity index (χ1n) is 10.8. The molecular formula is C22H30N2O8S. The van der Waals surface area contributed by atoms with E-state index in [0.717, 1.165) is 11.1 Å². The SMILES string of the molecule is C=C1C=C(/C=C\C)C(CCC(=O)NCCS(=O)(=O)O)C1CCCC(=O)ON1C(=O)CCC1=O. The van der Waals surface area contributed by atoms with E-state index in [2.05, 4.69) is 11.9 Å². The first-order valence-corrected chi connectivity index (χ1v) is 12.4. The van der Waals surface area contributed by atoms with Crippen molar-refractivity contribution in [1.29, 1.82) is 0 Å². The lowest BCUT2D eigenvalue weighted by Gasteiger charge is -2.23. The van der Waals surface area contributed by atoms with Crippen molar-refractivity contribution in [2.75, 3.05) is 12.3 Å². The van der Waals surface area contributed by atoms with E-state index in [9.17, 15) is 27.6 Å². The van der Waals surface area contributed by atoms with Gasteiger partial charge in [0, 0.05) is 32.2 Å². The molecule has 1 heterocycles. The fourth-order valence-corrected chi connectivity index (χ4v) is 4.36. The predicted octanol–water partition coefficient (Wildman–Crippen LogP) is 1.85. The molecule has 1 aliphatic heterocycles. The fraction of sp³-hybridized carbons (Fsp3) is 0.545. The highest BCUT2D eigenvalue weighted by molar-refractivity contribution is 7.85. The molecular weight excluding hydrogens is 452 g/mol. The monoisotopic (exact) mass is 482 g/mol. The van der Waals surface area contributed by atoms with Crippen LogP contribution in [0.1, 0.15) is 51.9 Å². The summed E-state index contributed by atoms with van der Waals surface area (Å²) in [5, 5.41) is 3.01. The number of hydrogen-bond donors (Lipinski definition) is 2. The maximum atomic E-state index is 12.1. The minimum absolute atomic E-state index is 0.00113. The number of nitrogens with one attached hydrogen (secondary N) is 1. The van der Waals surface area contributed by atoms with Gasteiger partial charge in [-0.3, -0.25) is 18.9 Å². The Labute approximate surface area is 193 Å². The summed E-state index contributed by atoms with van der Waals surface area (Å²) in [5.41, 5.74) is 1.91. The van der Waals surface area contributed by atoms with Crippen molar-refractivity contribution in [2.45, 2.75) is 51.9 Å². The summed E-state index contributed by atoms with van der Waals surface area (Å²) in [4.78, 5) is 52.1. The largest absolute Gasteiger partial charge is 0.355 e. The van der Waals surface area contributed by atoms with Gasteiger partial charge in [-0.2, -0.15) is 8.42 Å². The van der Waals surface area contributed by atoms with Crippen LogP contribution in [0.3, 0.4) is 0 Å². The molecule has 2 rings (SSSR count). The van der Waals surface area contributed by atoms with Crippen LogP contribution < -0.4 is 5.32 Å². The van der Waals surface area contributed by atoms with Crippen LogP contribution in [-0.4, -0.2) is 54.0 Å². The van der Waals surface area contributed by atoms with Gasteiger partial charge in [0.15, 0.2) is 0 Å². The van der Waals surface area contributed by atoms with Crippen molar-refractivity contribution in [3.05, 3.63) is 36.0 Å². The maximum Gasteiger partial charge on any atom is 0.333 e. The van der Waals surface area contributed by atoms with E-state index in [0.29, 0.717) is 24.3 Å². The van der Waals surface area contributed by atoms with Crippen molar-refractivity contribution < 1.29 is 37.0 Å². The summed E-state index contributed by atoms with van der Waals surface area (Å²) < 4.78 is 30.3. The van der Waals surface area contributed by atoms with E-state index < -0.39 is 33.7 Å². The average molecular weight is 483 g/mol. The highest BCUT2D eigenvalue weighted by Crippen LogP contribution is 2.41. The van der Waals surface area contributed by atoms with Crippen LogP contribution in [0.2, 0.25) is 0 Å². The lowest BCUT2D eigenvalue weighted by molar-refractivity contribution is -0.197. The predicted molar refractivity (Wildman–Crippen MR) is 119 cm³/mol. The zero-order valence-corrected chi connectivity index (χ0v) is 19.4. The molecule has 182 valence electrons. The Kier molecular flexibility index (Phi) is 9.54. The molecule has 1 aliphatic carbocycles. The second-order valence-electron chi connectivity index (χ2n) is 8.04. The van der Waals surface area contributed by atoms with Crippen LogP contribution in [0.4, 0.5) is 0 Å². The second kappa shape index (κ2) is 11.9. The minimum atomic E-state index is -4.14. The maximum absolute atomic E-state index is 12.1. The molecule has 11 heteroatoms. The molecule has 10 nitrogen and oxygen atoms in total. The average Bonchev–Trinajstić information content (AvgIpc) is 3.19. The van der Waals surface area contributed by atoms with Gasteiger partial charge < -0.3 is 10.2 Å². The summed E-state index contributed by atoms with van der Waals surface area (Å²) in [6.45, 7) is 5.82. The number of imide groups is 1. The Morgan fingerprint density at radius 3 is 2.48 bits per heavy atom. The quantitative estimate of drug-likeness (QED) is 0.316. The Morgan fingerprint density at radius 2 is 1.88 bits per heavy atom. The normalized spacial score (nSPS) is 21.1. The third-order valence-corrected chi connectivity index (χ3v) is 6.28. The molecule has 0 aromatic heterocycles. The minimum Gasteiger partial charge on any atom is -0.355 e. The first kappa shape index (κ1) is 26.5. The third-order valence-electron chi connectivity index (χ3n) is 5.56. The van der Waals surface area contributed by atoms with Crippen LogP contribution in [0.15, 0.2) is 36.0 Å². The van der Waals surface area contributed by atoms with Gasteiger partial charge in [0.1, 0.15) is 0 Å². The van der Waals surface area contributed by atoms with Crippen LogP contribution in [0.5, 0.6) is 0 Å². The molecule has 0 aromatic rings. The molecule has 0 aromatic carbocycles. The summed E-state index contributed by atoms with van der Waals surface area (Å²) in [5.74, 6) is -2.56. The number of rotatable bonds is 12. The molecule has 2 atom stereocenters. The first-order chi connectivity index (χ1) is 15.5. The Morgan fingerprint density at radius 1 is 1.21 bits per heavy atom. The number of carbonyl (C=O) groups is 4. The van der Waals surface area contributed by atoms with Gasteiger partial charge >= 0.3 is 5.97 Å². The molecule has 0 radical (unpaired) electrons. The van der Waals surface area contributed by atoms with E-state index in [4.69, 9.17) is 9.39 Å². The van der Waals surface area contributed by atoms with E-state index in [-0.39, 0.29) is 50.0 Å². The standard InChI is InChI=1S/C22H30N2O8S/c1-3-5-16-14-15(2)17(18(16)8-9-19(25)23-12-13-33(29,30)31)6-4-7-22(28)32-24-20(26)10-11-21(24)27/h3,5,14,17-18H,2,4,6-13H2,1H3,(H,23,25)(H,29,30,31)/b5-3-. The molecule has 1 saturated heterocycles. The van der Waals surface area contributed by atoms with E-state index in [1.807, 2.05) is 25.2 Å². The molecule has 0 saturated carbocycles. The Balaban J connectivity index is 1.86. The summed E-state index contributed by atoms with van der Waals surface area (Å²) >= 11 is 0. The van der Waals surface area contributed by atoms with Gasteiger partial charge in [-0.25, -0.2) is 4.79 Å². The van der Waals surface area contributed by atoms with Crippen LogP contribution in [0, 0.1) is 11.8 Å². The van der Waals surface area contributed by atoms with Crippen LogP contribution in [-0.2, 0) is 34.1 Å². The number of hydrogen-bond acceptors (Lipinski definition) is 7. The molecule has 0 bridgehead atoms. The van der Waals surface area contributed by atoms with Gasteiger partial charge in [0.2, 0.25) is 5.91 Å². The van der Waals surface area contributed by atoms with Gasteiger partial charge in [-0.1, -0.05) is 30.4 Å². The van der Waals surface area contributed by atoms with E-state index >= 15 is 0 Å². The number of allylic oxidation sites excluding steroid dienone is 5. The topological polar surface area (TPSA) is 147 Å². The van der Waals surface area contributed by atoms with Gasteiger partial charge in [-0.15, -0.1) is 5.06 Å². The molecule has 2 aliphatic rings. The summed E-state index contributed by atoms with van der Waals surface area (Å²) in [6, 6.07) is 0. The van der Waals surface area contributed by atoms with Gasteiger partial charge in [0.25, 0.3) is 21.9 Å². The number of hydroxylamine groups is 2. The number of nitrogens with zero attached hydrogens (tertiary/aromatic N) is 1. The fourth-order valence-electron chi connectivity index (χ4n) is 4.00. The summed E-state index contributed by atoms with van der Waals surface area (Å²) in [6.07, 6.45) is 7.63. The summed E-state index contributed by atoms with van der Waals surface area (Å²) in [7, 11) is -4.14. The number of amides is 3. The van der Waals surface area contributed by atoms with Crippen molar-refractivity contribution in [3.63, 3.8) is 0 Å². The smallest absolute Gasteiger partial charge is 0.333 e. The molecule has 2 unspecified atom stereocenters. The van der Waals surface area contributed by atoms with Gasteiger partial charge in [0.05, 0.1) is 5.75 Å². The highest BCUT2D eigenvalue weighted by Gasteiger charge is 2.34. The Hall–Kier alpha value is -2.79. The van der Waals surface area contributed by atoms with Crippen LogP contribution in [0.25, 0.3) is 0 Å². The lowest BCUT2D eigenvalue weighted by Crippen LogP contribution is -2.32. The van der Waals surface area contributed by atoms with E-state index in [1.54, 1.807) is 0 Å². The van der Waals surface area contributed by atoms with Crippen molar-refractivity contribution in [2.24, 2.45) is 11.8 Å². The van der Waals surface area contributed by atoms with Gasteiger partial charge in [-0.05, 0) is 43.6 Å². The molecule has 0 spiro atoms. The third kappa shape index (κ3) is 8.25. The zero-order valence-electron chi connectivity index (χ0n) is 18.6. The Bertz CT molecular complexity index is 951. The molecule has 3 amide bonds. The molecule has 33 heavy (non-hydrogen) atoms. The highest BCUT2D eigenvalue weighted by atomic mass is 32.2. The van der Waals surface area contributed by atoms with Crippen molar-refractivity contribution in [1.82, 2.24) is 10.4 Å². The van der Waals surface area contributed by atoms with Crippen LogP contribution >= 0.6 is 0 Å². The lowest BCUT2D eigenvalue weighted by atomic mass is 9.82. The molecule has 2 N–H and O–H groups in total. The van der Waals surface area contributed by atoms with Crippen molar-refractivity contribution >= 4 is 33.8 Å².